The third kappa shape index (κ3) is 2.37. The summed E-state index contributed by atoms with van der Waals surface area (Å²) >= 11 is 0. The lowest BCUT2D eigenvalue weighted by Crippen LogP contribution is -2.33. The molecule has 2 rings (SSSR count). The summed E-state index contributed by atoms with van der Waals surface area (Å²) < 4.78 is 0. The van der Waals surface area contributed by atoms with Gasteiger partial charge in [0, 0.05) is 12.2 Å². The Morgan fingerprint density at radius 2 is 2.19 bits per heavy atom. The molecule has 1 N–H and O–H groups in total. The van der Waals surface area contributed by atoms with E-state index in [1.807, 2.05) is 6.07 Å². The molecule has 4 heteroatoms. The Balaban J connectivity index is 2.00. The Bertz CT molecular complexity index is 413. The molecule has 1 aliphatic carbocycles. The second-order valence-electron chi connectivity index (χ2n) is 4.00. The molecule has 1 aromatic heterocycles. The van der Waals surface area contributed by atoms with Crippen molar-refractivity contribution in [3.63, 3.8) is 0 Å². The predicted molar refractivity (Wildman–Crippen MR) is 58.7 cm³/mol. The Morgan fingerprint density at radius 3 is 2.75 bits per heavy atom. The van der Waals surface area contributed by atoms with E-state index in [1.54, 1.807) is 12.1 Å². The number of pyridine rings is 1. The van der Waals surface area contributed by atoms with Gasteiger partial charge in [-0.05, 0) is 25.0 Å². The molecular formula is C12H13N3O. The van der Waals surface area contributed by atoms with Crippen molar-refractivity contribution in [3.8, 4) is 6.07 Å². The maximum atomic E-state index is 11.7. The van der Waals surface area contributed by atoms with E-state index in [-0.39, 0.29) is 5.91 Å². The highest BCUT2D eigenvalue weighted by molar-refractivity contribution is 5.92. The molecule has 1 amide bonds. The van der Waals surface area contributed by atoms with Crippen LogP contribution in [0.4, 0.5) is 0 Å². The Labute approximate surface area is 94.3 Å². The largest absolute Gasteiger partial charge is 0.348 e. The van der Waals surface area contributed by atoms with Gasteiger partial charge in [-0.25, -0.2) is 4.98 Å². The molecule has 1 fully saturated rings. The number of rotatable bonds is 2. The Morgan fingerprint density at radius 1 is 1.44 bits per heavy atom. The molecule has 0 aromatic carbocycles. The fraction of sp³-hybridized carbons (Fsp3) is 0.417. The van der Waals surface area contributed by atoms with Gasteiger partial charge in [-0.3, -0.25) is 4.79 Å². The number of carbonyl (C=O) groups is 1. The number of amides is 1. The molecule has 1 aromatic rings. The molecule has 82 valence electrons. The van der Waals surface area contributed by atoms with E-state index in [1.165, 1.54) is 19.0 Å². The van der Waals surface area contributed by atoms with Crippen LogP contribution >= 0.6 is 0 Å². The molecule has 0 aliphatic heterocycles. The van der Waals surface area contributed by atoms with Crippen molar-refractivity contribution < 1.29 is 4.79 Å². The molecule has 1 aliphatic rings. The van der Waals surface area contributed by atoms with Crippen LogP contribution in [-0.4, -0.2) is 16.9 Å². The van der Waals surface area contributed by atoms with Crippen LogP contribution < -0.4 is 5.32 Å². The minimum absolute atomic E-state index is 0.142. The molecule has 0 saturated heterocycles. The number of nitriles is 1. The number of carbonyl (C=O) groups excluding carboxylic acids is 1. The molecule has 16 heavy (non-hydrogen) atoms. The van der Waals surface area contributed by atoms with Crippen LogP contribution in [0.3, 0.4) is 0 Å². The Kier molecular flexibility index (Phi) is 3.16. The SMILES string of the molecule is N#Cc1ccc(C(=O)NC2CCCC2)nc1. The predicted octanol–water partition coefficient (Wildman–Crippen LogP) is 1.63. The van der Waals surface area contributed by atoms with Crippen LogP contribution in [0.1, 0.15) is 41.7 Å². The van der Waals surface area contributed by atoms with Crippen LogP contribution in [0.5, 0.6) is 0 Å². The number of nitrogens with zero attached hydrogens (tertiary/aromatic N) is 2. The summed E-state index contributed by atoms with van der Waals surface area (Å²) in [6.07, 6.45) is 5.91. The first kappa shape index (κ1) is 10.6. The van der Waals surface area contributed by atoms with Gasteiger partial charge in [0.05, 0.1) is 5.56 Å². The summed E-state index contributed by atoms with van der Waals surface area (Å²) in [4.78, 5) is 15.7. The maximum absolute atomic E-state index is 11.7. The minimum Gasteiger partial charge on any atom is -0.348 e. The third-order valence-corrected chi connectivity index (χ3v) is 2.82. The molecule has 1 saturated carbocycles. The summed E-state index contributed by atoms with van der Waals surface area (Å²) in [7, 11) is 0. The van der Waals surface area contributed by atoms with Gasteiger partial charge in [-0.2, -0.15) is 5.26 Å². The summed E-state index contributed by atoms with van der Waals surface area (Å²) in [5, 5.41) is 11.6. The summed E-state index contributed by atoms with van der Waals surface area (Å²) in [5.74, 6) is -0.142. The van der Waals surface area contributed by atoms with Crippen LogP contribution in [-0.2, 0) is 0 Å². The van der Waals surface area contributed by atoms with E-state index in [4.69, 9.17) is 5.26 Å². The molecule has 0 unspecified atom stereocenters. The lowest BCUT2D eigenvalue weighted by Gasteiger charge is -2.10. The third-order valence-electron chi connectivity index (χ3n) is 2.82. The van der Waals surface area contributed by atoms with Gasteiger partial charge in [0.1, 0.15) is 11.8 Å². The second-order valence-corrected chi connectivity index (χ2v) is 4.00. The fourth-order valence-corrected chi connectivity index (χ4v) is 1.92. The van der Waals surface area contributed by atoms with Crippen molar-refractivity contribution >= 4 is 5.91 Å². The van der Waals surface area contributed by atoms with Gasteiger partial charge < -0.3 is 5.32 Å². The highest BCUT2D eigenvalue weighted by Crippen LogP contribution is 2.17. The second kappa shape index (κ2) is 4.75. The zero-order chi connectivity index (χ0) is 11.4. The number of hydrogen-bond acceptors (Lipinski definition) is 3. The van der Waals surface area contributed by atoms with E-state index in [9.17, 15) is 4.79 Å². The van der Waals surface area contributed by atoms with Crippen molar-refractivity contribution in [2.45, 2.75) is 31.7 Å². The van der Waals surface area contributed by atoms with E-state index in [0.717, 1.165) is 12.8 Å². The lowest BCUT2D eigenvalue weighted by atomic mass is 10.2. The van der Waals surface area contributed by atoms with Gasteiger partial charge in [0.25, 0.3) is 5.91 Å². The van der Waals surface area contributed by atoms with Crippen molar-refractivity contribution in [2.75, 3.05) is 0 Å². The first-order valence-corrected chi connectivity index (χ1v) is 5.46. The van der Waals surface area contributed by atoms with Gasteiger partial charge in [0.2, 0.25) is 0 Å². The van der Waals surface area contributed by atoms with Crippen molar-refractivity contribution in [1.82, 2.24) is 10.3 Å². The average Bonchev–Trinajstić information content (AvgIpc) is 2.82. The molecule has 0 atom stereocenters. The monoisotopic (exact) mass is 215 g/mol. The van der Waals surface area contributed by atoms with E-state index < -0.39 is 0 Å². The van der Waals surface area contributed by atoms with E-state index >= 15 is 0 Å². The number of nitrogens with one attached hydrogen (secondary N) is 1. The highest BCUT2D eigenvalue weighted by atomic mass is 16.1. The van der Waals surface area contributed by atoms with Crippen LogP contribution in [0.2, 0.25) is 0 Å². The van der Waals surface area contributed by atoms with Crippen molar-refractivity contribution in [2.24, 2.45) is 0 Å². The minimum atomic E-state index is -0.142. The van der Waals surface area contributed by atoms with E-state index in [2.05, 4.69) is 10.3 Å². The van der Waals surface area contributed by atoms with Crippen LogP contribution in [0.25, 0.3) is 0 Å². The molecule has 0 spiro atoms. The highest BCUT2D eigenvalue weighted by Gasteiger charge is 2.18. The van der Waals surface area contributed by atoms with Gasteiger partial charge in [0.15, 0.2) is 0 Å². The van der Waals surface area contributed by atoms with Crippen LogP contribution in [0, 0.1) is 11.3 Å². The van der Waals surface area contributed by atoms with Crippen molar-refractivity contribution in [1.29, 1.82) is 5.26 Å². The zero-order valence-electron chi connectivity index (χ0n) is 8.94. The summed E-state index contributed by atoms with van der Waals surface area (Å²) in [6, 6.07) is 5.46. The lowest BCUT2D eigenvalue weighted by molar-refractivity contribution is 0.0933. The zero-order valence-corrected chi connectivity index (χ0v) is 8.94. The normalized spacial score (nSPS) is 15.7. The smallest absolute Gasteiger partial charge is 0.270 e. The first-order valence-electron chi connectivity index (χ1n) is 5.46. The molecule has 1 heterocycles. The Hall–Kier alpha value is -1.89. The molecular weight excluding hydrogens is 202 g/mol. The van der Waals surface area contributed by atoms with E-state index in [0.29, 0.717) is 17.3 Å². The first-order chi connectivity index (χ1) is 7.79. The topological polar surface area (TPSA) is 65.8 Å². The number of hydrogen-bond donors (Lipinski definition) is 1. The quantitative estimate of drug-likeness (QED) is 0.815. The van der Waals surface area contributed by atoms with Gasteiger partial charge in [-0.15, -0.1) is 0 Å². The molecule has 4 nitrogen and oxygen atoms in total. The summed E-state index contributed by atoms with van der Waals surface area (Å²) in [6.45, 7) is 0. The maximum Gasteiger partial charge on any atom is 0.270 e. The molecule has 0 bridgehead atoms. The molecule has 0 radical (unpaired) electrons. The van der Waals surface area contributed by atoms with Crippen molar-refractivity contribution in [3.05, 3.63) is 29.6 Å². The van der Waals surface area contributed by atoms with Crippen LogP contribution in [0.15, 0.2) is 18.3 Å². The summed E-state index contributed by atoms with van der Waals surface area (Å²) in [5.41, 5.74) is 0.850. The number of aromatic nitrogens is 1. The van der Waals surface area contributed by atoms with Gasteiger partial charge in [-0.1, -0.05) is 12.8 Å². The van der Waals surface area contributed by atoms with Gasteiger partial charge >= 0.3 is 0 Å². The standard InChI is InChI=1S/C12H13N3O/c13-7-9-5-6-11(14-8-9)12(16)15-10-3-1-2-4-10/h5-6,8,10H,1-4H2,(H,15,16). The fourth-order valence-electron chi connectivity index (χ4n) is 1.92. The average molecular weight is 215 g/mol.